The fourth-order valence-electron chi connectivity index (χ4n) is 0.779. The number of piperazine rings is 1. The highest BCUT2D eigenvalue weighted by atomic mass is 35.5. The molecule has 0 radical (unpaired) electrons. The molecule has 1 amide bonds. The quantitative estimate of drug-likeness (QED) is 0.490. The molecule has 9 heavy (non-hydrogen) atoms. The minimum absolute atomic E-state index is 0. The van der Waals surface area contributed by atoms with Crippen molar-refractivity contribution in [3.63, 3.8) is 0 Å². The van der Waals surface area contributed by atoms with Crippen LogP contribution in [0, 0.1) is 0 Å². The number of hydrogen-bond donors (Lipinski definition) is 2. The average Bonchev–Trinajstić information content (AvgIpc) is 1.64. The van der Waals surface area contributed by atoms with Gasteiger partial charge in [0.15, 0.2) is 0 Å². The van der Waals surface area contributed by atoms with Gasteiger partial charge in [0.25, 0.3) is 0 Å². The van der Waals surface area contributed by atoms with Crippen LogP contribution in [0.5, 0.6) is 0 Å². The summed E-state index contributed by atoms with van der Waals surface area (Å²) >= 11 is 0. The molecule has 1 heterocycles. The van der Waals surface area contributed by atoms with Gasteiger partial charge in [-0.05, 0) is 6.92 Å². The van der Waals surface area contributed by atoms with Crippen LogP contribution in [-0.4, -0.2) is 25.0 Å². The van der Waals surface area contributed by atoms with E-state index in [1.807, 2.05) is 6.92 Å². The van der Waals surface area contributed by atoms with E-state index in [1.165, 1.54) is 0 Å². The van der Waals surface area contributed by atoms with Gasteiger partial charge in [0.1, 0.15) is 0 Å². The van der Waals surface area contributed by atoms with Crippen LogP contribution in [0.2, 0.25) is 0 Å². The molecule has 4 heteroatoms. The highest BCUT2D eigenvalue weighted by Crippen LogP contribution is 1.83. The molecule has 2 N–H and O–H groups in total. The Labute approximate surface area is 60.6 Å². The van der Waals surface area contributed by atoms with Crippen molar-refractivity contribution in [1.29, 1.82) is 0 Å². The Morgan fingerprint density at radius 3 is 2.67 bits per heavy atom. The Hall–Kier alpha value is -0.280. The van der Waals surface area contributed by atoms with Crippen LogP contribution in [0.1, 0.15) is 6.92 Å². The Bertz CT molecular complexity index is 107. The first kappa shape index (κ1) is 8.72. The lowest BCUT2D eigenvalue weighted by Gasteiger charge is -2.19. The predicted molar refractivity (Wildman–Crippen MR) is 37.7 cm³/mol. The normalized spacial score (nSPS) is 26.3. The van der Waals surface area contributed by atoms with Gasteiger partial charge in [-0.2, -0.15) is 0 Å². The maximum absolute atomic E-state index is 10.5. The number of carbonyl (C=O) groups is 1. The van der Waals surface area contributed by atoms with Crippen molar-refractivity contribution in [3.05, 3.63) is 0 Å². The first-order chi connectivity index (χ1) is 3.79. The molecular weight excluding hydrogens is 140 g/mol. The molecule has 0 bridgehead atoms. The largest absolute Gasteiger partial charge is 0.351 e. The minimum Gasteiger partial charge on any atom is -0.351 e. The molecule has 1 fully saturated rings. The monoisotopic (exact) mass is 150 g/mol. The van der Waals surface area contributed by atoms with Crippen molar-refractivity contribution < 1.29 is 4.79 Å². The van der Waals surface area contributed by atoms with E-state index in [2.05, 4.69) is 10.6 Å². The van der Waals surface area contributed by atoms with Gasteiger partial charge in [-0.25, -0.2) is 0 Å². The van der Waals surface area contributed by atoms with Gasteiger partial charge < -0.3 is 10.6 Å². The molecule has 1 aliphatic rings. The van der Waals surface area contributed by atoms with Gasteiger partial charge in [-0.1, -0.05) is 0 Å². The maximum Gasteiger partial charge on any atom is 0.234 e. The molecule has 0 aromatic carbocycles. The molecule has 1 saturated heterocycles. The minimum atomic E-state index is 0. The molecule has 1 atom stereocenters. The second-order valence-corrected chi connectivity index (χ2v) is 2.10. The van der Waals surface area contributed by atoms with Gasteiger partial charge >= 0.3 is 0 Å². The first-order valence-electron chi connectivity index (χ1n) is 2.79. The van der Waals surface area contributed by atoms with E-state index in [4.69, 9.17) is 0 Å². The second kappa shape index (κ2) is 3.69. The Morgan fingerprint density at radius 1 is 1.67 bits per heavy atom. The van der Waals surface area contributed by atoms with Gasteiger partial charge in [-0.15, -0.1) is 12.4 Å². The van der Waals surface area contributed by atoms with Crippen LogP contribution in [0.4, 0.5) is 0 Å². The fourth-order valence-corrected chi connectivity index (χ4v) is 0.779. The van der Waals surface area contributed by atoms with Crippen molar-refractivity contribution >= 4 is 18.3 Å². The second-order valence-electron chi connectivity index (χ2n) is 2.10. The third-order valence-corrected chi connectivity index (χ3v) is 1.14. The smallest absolute Gasteiger partial charge is 0.234 e. The fraction of sp³-hybridized carbons (Fsp3) is 0.800. The van der Waals surface area contributed by atoms with E-state index in [0.717, 1.165) is 6.54 Å². The van der Waals surface area contributed by atoms with Crippen LogP contribution >= 0.6 is 12.4 Å². The Kier molecular flexibility index (Phi) is 3.58. The SMILES string of the molecule is CC1CNCC(=O)N1.Cl. The topological polar surface area (TPSA) is 41.1 Å². The number of rotatable bonds is 0. The third kappa shape index (κ3) is 2.67. The summed E-state index contributed by atoms with van der Waals surface area (Å²) in [5.74, 6) is 0.101. The van der Waals surface area contributed by atoms with Crippen LogP contribution < -0.4 is 10.6 Å². The van der Waals surface area contributed by atoms with Gasteiger partial charge in [0.2, 0.25) is 5.91 Å². The molecule has 54 valence electrons. The number of hydrogen-bond acceptors (Lipinski definition) is 2. The van der Waals surface area contributed by atoms with E-state index >= 15 is 0 Å². The lowest BCUT2D eigenvalue weighted by Crippen LogP contribution is -2.50. The lowest BCUT2D eigenvalue weighted by molar-refractivity contribution is -0.121. The first-order valence-corrected chi connectivity index (χ1v) is 2.79. The van der Waals surface area contributed by atoms with Crippen molar-refractivity contribution in [1.82, 2.24) is 10.6 Å². The summed E-state index contributed by atoms with van der Waals surface area (Å²) in [6.45, 7) is 3.35. The van der Waals surface area contributed by atoms with E-state index in [-0.39, 0.29) is 18.3 Å². The number of halogens is 1. The highest BCUT2D eigenvalue weighted by Gasteiger charge is 2.11. The Balaban J connectivity index is 0.000000640. The summed E-state index contributed by atoms with van der Waals surface area (Å²) in [6, 6.07) is 0.302. The average molecular weight is 151 g/mol. The zero-order chi connectivity index (χ0) is 5.98. The van der Waals surface area contributed by atoms with Crippen LogP contribution in [0.3, 0.4) is 0 Å². The molecule has 0 aromatic rings. The lowest BCUT2D eigenvalue weighted by atomic mass is 10.3. The zero-order valence-corrected chi connectivity index (χ0v) is 6.12. The third-order valence-electron chi connectivity index (χ3n) is 1.14. The molecule has 0 aliphatic carbocycles. The zero-order valence-electron chi connectivity index (χ0n) is 5.31. The van der Waals surface area contributed by atoms with Gasteiger partial charge in [0, 0.05) is 12.6 Å². The summed E-state index contributed by atoms with van der Waals surface area (Å²) < 4.78 is 0. The maximum atomic E-state index is 10.5. The predicted octanol–water partition coefficient (Wildman–Crippen LogP) is -0.484. The summed E-state index contributed by atoms with van der Waals surface area (Å²) in [5, 5.41) is 5.75. The van der Waals surface area contributed by atoms with E-state index in [9.17, 15) is 4.79 Å². The standard InChI is InChI=1S/C5H10N2O.ClH/c1-4-2-6-3-5(8)7-4;/h4,6H,2-3H2,1H3,(H,7,8);1H. The van der Waals surface area contributed by atoms with Gasteiger partial charge in [-0.3, -0.25) is 4.79 Å². The van der Waals surface area contributed by atoms with Crippen LogP contribution in [-0.2, 0) is 4.79 Å². The molecule has 0 saturated carbocycles. The molecule has 0 aromatic heterocycles. The molecule has 3 nitrogen and oxygen atoms in total. The van der Waals surface area contributed by atoms with Crippen LogP contribution in [0.25, 0.3) is 0 Å². The summed E-state index contributed by atoms with van der Waals surface area (Å²) in [7, 11) is 0. The molecule has 1 aliphatic heterocycles. The molecule has 1 rings (SSSR count). The van der Waals surface area contributed by atoms with E-state index < -0.39 is 0 Å². The molecular formula is C5H11ClN2O. The van der Waals surface area contributed by atoms with Crippen LogP contribution in [0.15, 0.2) is 0 Å². The van der Waals surface area contributed by atoms with Crippen molar-refractivity contribution in [3.8, 4) is 0 Å². The summed E-state index contributed by atoms with van der Waals surface area (Å²) in [5.41, 5.74) is 0. The van der Waals surface area contributed by atoms with Crippen molar-refractivity contribution in [2.75, 3.05) is 13.1 Å². The molecule has 0 spiro atoms. The van der Waals surface area contributed by atoms with E-state index in [1.54, 1.807) is 0 Å². The molecule has 1 unspecified atom stereocenters. The van der Waals surface area contributed by atoms with E-state index in [0.29, 0.717) is 12.6 Å². The number of carbonyl (C=O) groups excluding carboxylic acids is 1. The number of amides is 1. The van der Waals surface area contributed by atoms with Crippen molar-refractivity contribution in [2.45, 2.75) is 13.0 Å². The van der Waals surface area contributed by atoms with Crippen molar-refractivity contribution in [2.24, 2.45) is 0 Å². The number of nitrogens with one attached hydrogen (secondary N) is 2. The summed E-state index contributed by atoms with van der Waals surface area (Å²) in [6.07, 6.45) is 0. The Morgan fingerprint density at radius 2 is 2.33 bits per heavy atom. The highest BCUT2D eigenvalue weighted by molar-refractivity contribution is 5.85. The van der Waals surface area contributed by atoms with Gasteiger partial charge in [0.05, 0.1) is 6.54 Å². The summed E-state index contributed by atoms with van der Waals surface area (Å²) in [4.78, 5) is 10.5.